The molecule has 7 nitrogen and oxygen atoms in total. The van der Waals surface area contributed by atoms with Crippen LogP contribution in [0.25, 0.3) is 11.0 Å². The van der Waals surface area contributed by atoms with Gasteiger partial charge < -0.3 is 19.9 Å². The molecule has 2 N–H and O–H groups in total. The molecule has 4 rings (SSSR count). The lowest BCUT2D eigenvalue weighted by atomic mass is 9.93. The quantitative estimate of drug-likeness (QED) is 0.873. The number of anilines is 1. The Morgan fingerprint density at radius 3 is 3.04 bits per heavy atom. The number of nitrogens with one attached hydrogen (secondary N) is 1. The van der Waals surface area contributed by atoms with Crippen LogP contribution >= 0.6 is 0 Å². The monoisotopic (exact) mass is 329 g/mol. The molecule has 2 unspecified atom stereocenters. The number of hydrogen-bond acceptors (Lipinski definition) is 5. The van der Waals surface area contributed by atoms with Gasteiger partial charge in [0.05, 0.1) is 5.39 Å². The number of aliphatic hydroxyl groups excluding tert-OH is 1. The Balaban J connectivity index is 1.55. The van der Waals surface area contributed by atoms with Crippen LogP contribution in [-0.2, 0) is 4.79 Å². The molecule has 1 amide bonds. The first-order valence-electron chi connectivity index (χ1n) is 8.49. The molecular formula is C17H23N5O2. The number of fused-ring (bicyclic) bond motifs is 2. The molecule has 2 aliphatic rings. The van der Waals surface area contributed by atoms with Gasteiger partial charge in [0.2, 0.25) is 5.91 Å². The predicted octanol–water partition coefficient (Wildman–Crippen LogP) is 0.869. The van der Waals surface area contributed by atoms with Crippen LogP contribution in [0.15, 0.2) is 18.6 Å². The summed E-state index contributed by atoms with van der Waals surface area (Å²) in [5, 5.41) is 10.1. The molecule has 1 aliphatic carbocycles. The number of aliphatic hydroxyl groups is 1. The zero-order valence-corrected chi connectivity index (χ0v) is 14.0. The number of likely N-dealkylation sites (tertiary alicyclic amines) is 1. The number of rotatable bonds is 3. The molecule has 0 aromatic carbocycles. The maximum absolute atomic E-state index is 11.8. The van der Waals surface area contributed by atoms with Crippen LogP contribution in [0.1, 0.15) is 13.3 Å². The van der Waals surface area contributed by atoms with Crippen molar-refractivity contribution in [2.45, 2.75) is 19.4 Å². The van der Waals surface area contributed by atoms with E-state index >= 15 is 0 Å². The number of amides is 1. The standard InChI is InChI=1S/C17H23N5O2/c1-10-13-7-22(15(24)8-23)6-11(13)5-14(10)21(2)17-12-3-4-18-16(12)19-9-20-17/h3-4,9-11,13-14,23H,5-8H2,1-2H3,(H,18,19,20)/t10-,11?,13?,14+/m1/s1. The second kappa shape index (κ2) is 5.73. The highest BCUT2D eigenvalue weighted by Crippen LogP contribution is 2.45. The summed E-state index contributed by atoms with van der Waals surface area (Å²) in [6.07, 6.45) is 4.54. The third-order valence-corrected chi connectivity index (χ3v) is 5.97. The van der Waals surface area contributed by atoms with E-state index in [4.69, 9.17) is 5.11 Å². The number of carbonyl (C=O) groups is 1. The topological polar surface area (TPSA) is 85.3 Å². The first-order chi connectivity index (χ1) is 11.6. The lowest BCUT2D eigenvalue weighted by Crippen LogP contribution is -2.39. The maximum Gasteiger partial charge on any atom is 0.248 e. The lowest BCUT2D eigenvalue weighted by Gasteiger charge is -2.31. The van der Waals surface area contributed by atoms with Crippen molar-refractivity contribution in [2.24, 2.45) is 17.8 Å². The number of H-pyrrole nitrogens is 1. The zero-order valence-electron chi connectivity index (χ0n) is 14.0. The fraction of sp³-hybridized carbons (Fsp3) is 0.588. The number of hydrogen-bond donors (Lipinski definition) is 2. The molecular weight excluding hydrogens is 306 g/mol. The smallest absolute Gasteiger partial charge is 0.248 e. The molecule has 2 aromatic rings. The second-order valence-electron chi connectivity index (χ2n) is 7.09. The molecule has 2 fully saturated rings. The summed E-state index contributed by atoms with van der Waals surface area (Å²) in [7, 11) is 2.10. The van der Waals surface area contributed by atoms with Crippen LogP contribution in [-0.4, -0.2) is 63.7 Å². The molecule has 128 valence electrons. The molecule has 24 heavy (non-hydrogen) atoms. The summed E-state index contributed by atoms with van der Waals surface area (Å²) in [6.45, 7) is 3.42. The Kier molecular flexibility index (Phi) is 3.68. The molecule has 2 aromatic heterocycles. The molecule has 0 spiro atoms. The molecule has 7 heteroatoms. The fourth-order valence-electron chi connectivity index (χ4n) is 4.66. The third-order valence-electron chi connectivity index (χ3n) is 5.97. The average molecular weight is 329 g/mol. The van der Waals surface area contributed by atoms with Crippen LogP contribution < -0.4 is 4.90 Å². The van der Waals surface area contributed by atoms with Crippen molar-refractivity contribution in [1.29, 1.82) is 0 Å². The predicted molar refractivity (Wildman–Crippen MR) is 90.5 cm³/mol. The zero-order chi connectivity index (χ0) is 16.8. The van der Waals surface area contributed by atoms with E-state index < -0.39 is 0 Å². The Bertz CT molecular complexity index is 760. The van der Waals surface area contributed by atoms with Gasteiger partial charge >= 0.3 is 0 Å². The highest BCUT2D eigenvalue weighted by molar-refractivity contribution is 5.87. The third kappa shape index (κ3) is 2.26. The van der Waals surface area contributed by atoms with Gasteiger partial charge in [-0.1, -0.05) is 6.92 Å². The van der Waals surface area contributed by atoms with Gasteiger partial charge in [-0.3, -0.25) is 4.79 Å². The number of aromatic amines is 1. The number of nitrogens with zero attached hydrogens (tertiary/aromatic N) is 4. The van der Waals surface area contributed by atoms with E-state index in [1.807, 2.05) is 17.2 Å². The van der Waals surface area contributed by atoms with Gasteiger partial charge in [-0.05, 0) is 30.2 Å². The highest BCUT2D eigenvalue weighted by atomic mass is 16.3. The van der Waals surface area contributed by atoms with Crippen molar-refractivity contribution in [3.05, 3.63) is 18.6 Å². The van der Waals surface area contributed by atoms with E-state index in [2.05, 4.69) is 33.8 Å². The summed E-state index contributed by atoms with van der Waals surface area (Å²) < 4.78 is 0. The van der Waals surface area contributed by atoms with E-state index in [0.29, 0.717) is 23.8 Å². The van der Waals surface area contributed by atoms with Crippen LogP contribution in [0.4, 0.5) is 5.82 Å². The van der Waals surface area contributed by atoms with Gasteiger partial charge in [0, 0.05) is 32.4 Å². The number of carbonyl (C=O) groups excluding carboxylic acids is 1. The van der Waals surface area contributed by atoms with Crippen LogP contribution in [0.5, 0.6) is 0 Å². The first-order valence-corrected chi connectivity index (χ1v) is 8.49. The van der Waals surface area contributed by atoms with E-state index in [0.717, 1.165) is 36.4 Å². The molecule has 1 saturated carbocycles. The SMILES string of the molecule is C[C@@H]1C2CN(C(=O)CO)CC2C[C@@H]1N(C)c1ncnc2[nH]ccc12. The van der Waals surface area contributed by atoms with Crippen molar-refractivity contribution in [3.8, 4) is 0 Å². The largest absolute Gasteiger partial charge is 0.387 e. The number of aromatic nitrogens is 3. The van der Waals surface area contributed by atoms with Crippen molar-refractivity contribution in [1.82, 2.24) is 19.9 Å². The fourth-order valence-corrected chi connectivity index (χ4v) is 4.66. The van der Waals surface area contributed by atoms with Crippen LogP contribution in [0, 0.1) is 17.8 Å². The van der Waals surface area contributed by atoms with E-state index in [9.17, 15) is 4.79 Å². The summed E-state index contributed by atoms with van der Waals surface area (Å²) in [4.78, 5) is 27.8. The minimum absolute atomic E-state index is 0.147. The molecule has 1 saturated heterocycles. The van der Waals surface area contributed by atoms with Crippen molar-refractivity contribution in [2.75, 3.05) is 31.6 Å². The van der Waals surface area contributed by atoms with Crippen molar-refractivity contribution >= 4 is 22.8 Å². The molecule has 0 radical (unpaired) electrons. The highest BCUT2D eigenvalue weighted by Gasteiger charge is 2.48. The second-order valence-corrected chi connectivity index (χ2v) is 7.09. The normalized spacial score (nSPS) is 29.2. The van der Waals surface area contributed by atoms with Crippen molar-refractivity contribution in [3.63, 3.8) is 0 Å². The maximum atomic E-state index is 11.8. The first kappa shape index (κ1) is 15.4. The van der Waals surface area contributed by atoms with Gasteiger partial charge in [-0.15, -0.1) is 0 Å². The van der Waals surface area contributed by atoms with Gasteiger partial charge in [0.1, 0.15) is 24.4 Å². The summed E-state index contributed by atoms with van der Waals surface area (Å²) in [5.74, 6) is 2.29. The Morgan fingerprint density at radius 2 is 2.29 bits per heavy atom. The Labute approximate surface area is 140 Å². The van der Waals surface area contributed by atoms with Gasteiger partial charge in [0.15, 0.2) is 0 Å². The van der Waals surface area contributed by atoms with E-state index in [1.165, 1.54) is 0 Å². The van der Waals surface area contributed by atoms with Gasteiger partial charge in [0.25, 0.3) is 0 Å². The van der Waals surface area contributed by atoms with Crippen molar-refractivity contribution < 1.29 is 9.90 Å². The minimum atomic E-state index is -0.385. The lowest BCUT2D eigenvalue weighted by molar-refractivity contribution is -0.133. The summed E-state index contributed by atoms with van der Waals surface area (Å²) >= 11 is 0. The molecule has 1 aliphatic heterocycles. The van der Waals surface area contributed by atoms with E-state index in [1.54, 1.807) is 6.33 Å². The molecule has 4 atom stereocenters. The van der Waals surface area contributed by atoms with E-state index in [-0.39, 0.29) is 12.5 Å². The molecule has 3 heterocycles. The van der Waals surface area contributed by atoms with Gasteiger partial charge in [-0.25, -0.2) is 9.97 Å². The summed E-state index contributed by atoms with van der Waals surface area (Å²) in [5.41, 5.74) is 0.859. The molecule has 0 bridgehead atoms. The van der Waals surface area contributed by atoms with Gasteiger partial charge in [-0.2, -0.15) is 0 Å². The van der Waals surface area contributed by atoms with Crippen LogP contribution in [0.2, 0.25) is 0 Å². The minimum Gasteiger partial charge on any atom is -0.387 e. The van der Waals surface area contributed by atoms with Crippen LogP contribution in [0.3, 0.4) is 0 Å². The Hall–Kier alpha value is -2.15. The summed E-state index contributed by atoms with van der Waals surface area (Å²) in [6, 6.07) is 2.42. The average Bonchev–Trinajstić information content (AvgIpc) is 3.29. The Morgan fingerprint density at radius 1 is 1.46 bits per heavy atom.